The van der Waals surface area contributed by atoms with E-state index in [0.717, 1.165) is 48.9 Å². The number of fused-ring (bicyclic) bond motifs is 1. The van der Waals surface area contributed by atoms with Crippen molar-refractivity contribution in [3.05, 3.63) is 71.8 Å². The molecule has 1 fully saturated rings. The molecule has 0 amide bonds. The fourth-order valence-corrected chi connectivity index (χ4v) is 2.95. The van der Waals surface area contributed by atoms with E-state index in [4.69, 9.17) is 9.47 Å². The molecule has 2 heterocycles. The van der Waals surface area contributed by atoms with E-state index in [1.165, 1.54) is 0 Å². The summed E-state index contributed by atoms with van der Waals surface area (Å²) >= 11 is 0. The zero-order chi connectivity index (χ0) is 15.5. The van der Waals surface area contributed by atoms with Crippen molar-refractivity contribution >= 4 is 5.70 Å². The summed E-state index contributed by atoms with van der Waals surface area (Å²) in [4.78, 5) is 0. The minimum absolute atomic E-state index is 0.0744. The van der Waals surface area contributed by atoms with Crippen LogP contribution >= 0.6 is 0 Å². The molecular formula is C19H20N2O2. The molecule has 1 atom stereocenters. The average molecular weight is 308 g/mol. The van der Waals surface area contributed by atoms with Crippen LogP contribution in [0.25, 0.3) is 5.70 Å². The number of morpholine rings is 1. The van der Waals surface area contributed by atoms with E-state index in [2.05, 4.69) is 34.7 Å². The number of nitrogens with zero attached hydrogens (tertiary/aromatic N) is 1. The number of rotatable bonds is 3. The lowest BCUT2D eigenvalue weighted by Gasteiger charge is -2.32. The van der Waals surface area contributed by atoms with E-state index in [1.54, 1.807) is 0 Å². The molecule has 0 radical (unpaired) electrons. The highest BCUT2D eigenvalue weighted by Gasteiger charge is 2.23. The summed E-state index contributed by atoms with van der Waals surface area (Å²) in [5.74, 6) is 0.916. The summed E-state index contributed by atoms with van der Waals surface area (Å²) in [5, 5.41) is 2.21. The Morgan fingerprint density at radius 1 is 0.913 bits per heavy atom. The molecule has 1 N–H and O–H groups in total. The third-order valence-electron chi connectivity index (χ3n) is 4.17. The summed E-state index contributed by atoms with van der Waals surface area (Å²) in [6.45, 7) is 3.30. The third kappa shape index (κ3) is 3.09. The molecule has 0 saturated carbocycles. The van der Waals surface area contributed by atoms with Gasteiger partial charge in [0.1, 0.15) is 11.9 Å². The van der Waals surface area contributed by atoms with Gasteiger partial charge in [0.05, 0.1) is 18.9 Å². The number of hydrazine groups is 1. The van der Waals surface area contributed by atoms with Crippen LogP contribution in [0.4, 0.5) is 0 Å². The Balaban J connectivity index is 1.65. The van der Waals surface area contributed by atoms with E-state index in [1.807, 2.05) is 36.4 Å². The zero-order valence-electron chi connectivity index (χ0n) is 12.9. The Bertz CT molecular complexity index is 694. The first-order valence-corrected chi connectivity index (χ1v) is 8.02. The molecule has 0 unspecified atom stereocenters. The van der Waals surface area contributed by atoms with E-state index in [9.17, 15) is 0 Å². The highest BCUT2D eigenvalue weighted by Crippen LogP contribution is 2.36. The minimum Gasteiger partial charge on any atom is -0.481 e. The Labute approximate surface area is 136 Å². The predicted octanol–water partition coefficient (Wildman–Crippen LogP) is 3.00. The number of hydrogen-bond acceptors (Lipinski definition) is 4. The normalized spacial score (nSPS) is 21.0. The predicted molar refractivity (Wildman–Crippen MR) is 89.8 cm³/mol. The van der Waals surface area contributed by atoms with E-state index < -0.39 is 0 Å². The Morgan fingerprint density at radius 2 is 1.65 bits per heavy atom. The SMILES string of the molecule is C1=C(NN2CCOCC2)c2ccccc2O[C@@H]1c1ccccc1. The van der Waals surface area contributed by atoms with Gasteiger partial charge in [-0.25, -0.2) is 5.01 Å². The van der Waals surface area contributed by atoms with E-state index in [-0.39, 0.29) is 6.10 Å². The Hall–Kier alpha value is -2.30. The van der Waals surface area contributed by atoms with Gasteiger partial charge >= 0.3 is 0 Å². The monoisotopic (exact) mass is 308 g/mol. The van der Waals surface area contributed by atoms with Crippen molar-refractivity contribution in [3.8, 4) is 5.75 Å². The van der Waals surface area contributed by atoms with Gasteiger partial charge in [-0.05, 0) is 23.8 Å². The lowest BCUT2D eigenvalue weighted by Crippen LogP contribution is -2.45. The van der Waals surface area contributed by atoms with Crippen LogP contribution < -0.4 is 10.2 Å². The summed E-state index contributed by atoms with van der Waals surface area (Å²) in [5.41, 5.74) is 6.91. The van der Waals surface area contributed by atoms with Crippen LogP contribution in [0.3, 0.4) is 0 Å². The Morgan fingerprint density at radius 3 is 2.48 bits per heavy atom. The molecule has 0 bridgehead atoms. The largest absolute Gasteiger partial charge is 0.481 e. The number of nitrogens with one attached hydrogen (secondary N) is 1. The third-order valence-corrected chi connectivity index (χ3v) is 4.17. The van der Waals surface area contributed by atoms with Crippen LogP contribution in [0.5, 0.6) is 5.75 Å². The molecule has 2 aliphatic heterocycles. The fourth-order valence-electron chi connectivity index (χ4n) is 2.95. The van der Waals surface area contributed by atoms with Gasteiger partial charge in [-0.2, -0.15) is 0 Å². The summed E-state index contributed by atoms with van der Waals surface area (Å²) in [7, 11) is 0. The van der Waals surface area contributed by atoms with Crippen molar-refractivity contribution in [2.75, 3.05) is 26.3 Å². The molecular weight excluding hydrogens is 288 g/mol. The van der Waals surface area contributed by atoms with Crippen molar-refractivity contribution in [2.45, 2.75) is 6.10 Å². The number of ether oxygens (including phenoxy) is 2. The van der Waals surface area contributed by atoms with Gasteiger partial charge < -0.3 is 14.9 Å². The standard InChI is InChI=1S/C19H20N2O2/c1-2-6-15(7-3-1)19-14-17(20-21-10-12-22-13-11-21)16-8-4-5-9-18(16)23-19/h1-9,14,19-20H,10-13H2/t19-/m0/s1. The van der Waals surface area contributed by atoms with Crippen molar-refractivity contribution < 1.29 is 9.47 Å². The van der Waals surface area contributed by atoms with Crippen molar-refractivity contribution in [3.63, 3.8) is 0 Å². The van der Waals surface area contributed by atoms with Gasteiger partial charge in [-0.15, -0.1) is 0 Å². The highest BCUT2D eigenvalue weighted by atomic mass is 16.5. The lowest BCUT2D eigenvalue weighted by molar-refractivity contribution is 0.0227. The molecule has 0 spiro atoms. The smallest absolute Gasteiger partial charge is 0.144 e. The van der Waals surface area contributed by atoms with Crippen LogP contribution in [-0.2, 0) is 4.74 Å². The van der Waals surface area contributed by atoms with Crippen LogP contribution in [-0.4, -0.2) is 31.3 Å². The molecule has 2 aliphatic rings. The van der Waals surface area contributed by atoms with Gasteiger partial charge in [0.2, 0.25) is 0 Å². The number of para-hydroxylation sites is 1. The van der Waals surface area contributed by atoms with Crippen molar-refractivity contribution in [2.24, 2.45) is 0 Å². The molecule has 2 aromatic carbocycles. The molecule has 118 valence electrons. The van der Waals surface area contributed by atoms with Crippen molar-refractivity contribution in [1.29, 1.82) is 0 Å². The first kappa shape index (κ1) is 14.3. The minimum atomic E-state index is -0.0744. The molecule has 4 nitrogen and oxygen atoms in total. The number of hydrogen-bond donors (Lipinski definition) is 1. The van der Waals surface area contributed by atoms with Crippen molar-refractivity contribution in [1.82, 2.24) is 10.4 Å². The summed E-state index contributed by atoms with van der Waals surface area (Å²) in [6.07, 6.45) is 2.09. The molecule has 0 aliphatic carbocycles. The molecule has 0 aromatic heterocycles. The highest BCUT2D eigenvalue weighted by molar-refractivity contribution is 5.71. The number of benzene rings is 2. The second-order valence-electron chi connectivity index (χ2n) is 5.74. The maximum atomic E-state index is 6.18. The van der Waals surface area contributed by atoms with Gasteiger partial charge in [-0.3, -0.25) is 0 Å². The topological polar surface area (TPSA) is 33.7 Å². The van der Waals surface area contributed by atoms with E-state index >= 15 is 0 Å². The fraction of sp³-hybridized carbons (Fsp3) is 0.263. The maximum absolute atomic E-state index is 6.18. The van der Waals surface area contributed by atoms with Crippen LogP contribution in [0, 0.1) is 0 Å². The molecule has 23 heavy (non-hydrogen) atoms. The average Bonchev–Trinajstić information content (AvgIpc) is 2.63. The molecule has 1 saturated heterocycles. The Kier molecular flexibility index (Phi) is 4.01. The maximum Gasteiger partial charge on any atom is 0.144 e. The molecule has 4 heteroatoms. The first-order chi connectivity index (χ1) is 11.4. The zero-order valence-corrected chi connectivity index (χ0v) is 12.9. The molecule has 2 aromatic rings. The van der Waals surface area contributed by atoms with Crippen LogP contribution in [0.2, 0.25) is 0 Å². The second kappa shape index (κ2) is 6.44. The van der Waals surface area contributed by atoms with Crippen LogP contribution in [0.1, 0.15) is 17.2 Å². The lowest BCUT2D eigenvalue weighted by atomic mass is 10.0. The van der Waals surface area contributed by atoms with Gasteiger partial charge in [0, 0.05) is 18.7 Å². The summed E-state index contributed by atoms with van der Waals surface area (Å²) < 4.78 is 11.6. The first-order valence-electron chi connectivity index (χ1n) is 8.02. The quantitative estimate of drug-likeness (QED) is 0.945. The van der Waals surface area contributed by atoms with Gasteiger partial charge in [-0.1, -0.05) is 42.5 Å². The molecule has 4 rings (SSSR count). The van der Waals surface area contributed by atoms with Gasteiger partial charge in [0.15, 0.2) is 0 Å². The second-order valence-corrected chi connectivity index (χ2v) is 5.74. The van der Waals surface area contributed by atoms with E-state index in [0.29, 0.717) is 0 Å². The summed E-state index contributed by atoms with van der Waals surface area (Å²) in [6, 6.07) is 18.5. The van der Waals surface area contributed by atoms with Gasteiger partial charge in [0.25, 0.3) is 0 Å². The van der Waals surface area contributed by atoms with Crippen LogP contribution in [0.15, 0.2) is 60.7 Å².